The Morgan fingerprint density at radius 1 is 1.53 bits per heavy atom. The van der Waals surface area contributed by atoms with Crippen LogP contribution >= 0.6 is 15.9 Å². The lowest BCUT2D eigenvalue weighted by atomic mass is 10.2. The molecule has 1 aromatic rings. The van der Waals surface area contributed by atoms with Crippen molar-refractivity contribution in [2.45, 2.75) is 6.18 Å². The molecule has 0 aliphatic rings. The molecule has 3 N–H and O–H groups in total. The Kier molecular flexibility index (Phi) is 3.18. The van der Waals surface area contributed by atoms with Crippen LogP contribution in [-0.2, 0) is 6.18 Å². The minimum Gasteiger partial charge on any atom is -0.409 e. The highest BCUT2D eigenvalue weighted by Crippen LogP contribution is 2.32. The maximum absolute atomic E-state index is 12.5. The lowest BCUT2D eigenvalue weighted by molar-refractivity contribution is -0.138. The minimum atomic E-state index is -4.61. The molecule has 0 aliphatic heterocycles. The van der Waals surface area contributed by atoms with Gasteiger partial charge in [-0.15, -0.1) is 0 Å². The molecular formula is C7H5BrF3N3O. The molecule has 0 bridgehead atoms. The van der Waals surface area contributed by atoms with Gasteiger partial charge in [0.15, 0.2) is 5.84 Å². The summed E-state index contributed by atoms with van der Waals surface area (Å²) < 4.78 is 37.6. The summed E-state index contributed by atoms with van der Waals surface area (Å²) in [7, 11) is 0. The number of pyridine rings is 1. The van der Waals surface area contributed by atoms with E-state index in [0.29, 0.717) is 0 Å². The number of hydrogen-bond donors (Lipinski definition) is 2. The highest BCUT2D eigenvalue weighted by Gasteiger charge is 2.35. The lowest BCUT2D eigenvalue weighted by Gasteiger charge is -2.10. The third kappa shape index (κ3) is 2.58. The zero-order chi connectivity index (χ0) is 11.6. The van der Waals surface area contributed by atoms with Crippen LogP contribution < -0.4 is 5.73 Å². The standard InChI is InChI=1S/C7H5BrF3N3O/c8-3-1-4(7(9,10)11)5(13-2-3)6(12)14-15/h1-2,15H,(H2,12,14). The van der Waals surface area contributed by atoms with Gasteiger partial charge in [0.1, 0.15) is 5.69 Å². The molecule has 0 spiro atoms. The number of hydrogen-bond acceptors (Lipinski definition) is 3. The molecule has 4 nitrogen and oxygen atoms in total. The van der Waals surface area contributed by atoms with E-state index in [2.05, 4.69) is 26.1 Å². The van der Waals surface area contributed by atoms with E-state index >= 15 is 0 Å². The zero-order valence-electron chi connectivity index (χ0n) is 7.09. The van der Waals surface area contributed by atoms with E-state index < -0.39 is 23.3 Å². The van der Waals surface area contributed by atoms with E-state index in [-0.39, 0.29) is 4.47 Å². The molecular weight excluding hydrogens is 279 g/mol. The van der Waals surface area contributed by atoms with Crippen molar-refractivity contribution in [2.24, 2.45) is 10.9 Å². The first-order valence-electron chi connectivity index (χ1n) is 3.57. The first-order valence-corrected chi connectivity index (χ1v) is 4.36. The lowest BCUT2D eigenvalue weighted by Crippen LogP contribution is -2.21. The molecule has 0 atom stereocenters. The van der Waals surface area contributed by atoms with Gasteiger partial charge in [0.2, 0.25) is 0 Å². The van der Waals surface area contributed by atoms with Crippen molar-refractivity contribution in [3.63, 3.8) is 0 Å². The van der Waals surface area contributed by atoms with Crippen LogP contribution in [0.2, 0.25) is 0 Å². The van der Waals surface area contributed by atoms with E-state index in [1.54, 1.807) is 0 Å². The van der Waals surface area contributed by atoms with Gasteiger partial charge in [0.25, 0.3) is 0 Å². The van der Waals surface area contributed by atoms with Crippen molar-refractivity contribution < 1.29 is 18.4 Å². The molecule has 0 saturated heterocycles. The SMILES string of the molecule is N/C(=N\O)c1ncc(Br)cc1C(F)(F)F. The Balaban J connectivity index is 3.40. The van der Waals surface area contributed by atoms with Gasteiger partial charge >= 0.3 is 6.18 Å². The first-order chi connectivity index (χ1) is 6.86. The Bertz CT molecular complexity index is 405. The van der Waals surface area contributed by atoms with Crippen molar-refractivity contribution in [3.8, 4) is 0 Å². The molecule has 8 heteroatoms. The molecule has 0 saturated carbocycles. The van der Waals surface area contributed by atoms with Crippen LogP contribution in [-0.4, -0.2) is 16.0 Å². The third-order valence-corrected chi connectivity index (χ3v) is 1.94. The summed E-state index contributed by atoms with van der Waals surface area (Å²) in [5.74, 6) is -0.685. The van der Waals surface area contributed by atoms with Crippen molar-refractivity contribution in [1.82, 2.24) is 4.98 Å². The summed E-state index contributed by atoms with van der Waals surface area (Å²) in [6.07, 6.45) is -3.48. The van der Waals surface area contributed by atoms with Crippen LogP contribution in [0, 0.1) is 0 Å². The second-order valence-electron chi connectivity index (χ2n) is 2.53. The average molecular weight is 284 g/mol. The normalized spacial score (nSPS) is 12.9. The van der Waals surface area contributed by atoms with Gasteiger partial charge in [0, 0.05) is 10.7 Å². The molecule has 82 valence electrons. The topological polar surface area (TPSA) is 71.5 Å². The Morgan fingerprint density at radius 3 is 2.60 bits per heavy atom. The molecule has 1 rings (SSSR count). The first kappa shape index (κ1) is 11.8. The van der Waals surface area contributed by atoms with Crippen LogP contribution in [0.5, 0.6) is 0 Å². The number of aromatic nitrogens is 1. The van der Waals surface area contributed by atoms with Crippen molar-refractivity contribution in [2.75, 3.05) is 0 Å². The molecule has 0 amide bonds. The fraction of sp³-hybridized carbons (Fsp3) is 0.143. The van der Waals surface area contributed by atoms with Gasteiger partial charge in [-0.2, -0.15) is 13.2 Å². The van der Waals surface area contributed by atoms with E-state index in [9.17, 15) is 13.2 Å². The van der Waals surface area contributed by atoms with Gasteiger partial charge in [-0.3, -0.25) is 4.98 Å². The highest BCUT2D eigenvalue weighted by molar-refractivity contribution is 9.10. The molecule has 0 aliphatic carbocycles. The van der Waals surface area contributed by atoms with Gasteiger partial charge in [0.05, 0.1) is 5.56 Å². The van der Waals surface area contributed by atoms with E-state index in [0.717, 1.165) is 12.3 Å². The smallest absolute Gasteiger partial charge is 0.409 e. The Morgan fingerprint density at radius 2 is 2.13 bits per heavy atom. The fourth-order valence-electron chi connectivity index (χ4n) is 0.907. The van der Waals surface area contributed by atoms with Crippen molar-refractivity contribution in [1.29, 1.82) is 0 Å². The van der Waals surface area contributed by atoms with Gasteiger partial charge in [-0.05, 0) is 22.0 Å². The van der Waals surface area contributed by atoms with E-state index in [1.807, 2.05) is 0 Å². The molecule has 1 heterocycles. The number of alkyl halides is 3. The summed E-state index contributed by atoms with van der Waals surface area (Å²) in [4.78, 5) is 3.43. The Labute approximate surface area is 90.7 Å². The quantitative estimate of drug-likeness (QED) is 0.358. The summed E-state index contributed by atoms with van der Waals surface area (Å²) >= 11 is 2.85. The van der Waals surface area contributed by atoms with Gasteiger partial charge in [-0.1, -0.05) is 5.16 Å². The van der Waals surface area contributed by atoms with Crippen LogP contribution in [0.3, 0.4) is 0 Å². The molecule has 0 unspecified atom stereocenters. The number of halogens is 4. The second kappa shape index (κ2) is 4.05. The number of oxime groups is 1. The monoisotopic (exact) mass is 283 g/mol. The summed E-state index contributed by atoms with van der Waals surface area (Å²) in [6, 6.07) is 0.806. The number of amidine groups is 1. The second-order valence-corrected chi connectivity index (χ2v) is 3.45. The molecule has 15 heavy (non-hydrogen) atoms. The number of nitrogens with zero attached hydrogens (tertiary/aromatic N) is 2. The van der Waals surface area contributed by atoms with Crippen LogP contribution in [0.15, 0.2) is 21.9 Å². The number of rotatable bonds is 1. The summed E-state index contributed by atoms with van der Waals surface area (Å²) in [6.45, 7) is 0. The maximum atomic E-state index is 12.5. The molecule has 0 radical (unpaired) electrons. The van der Waals surface area contributed by atoms with Crippen LogP contribution in [0.1, 0.15) is 11.3 Å². The van der Waals surface area contributed by atoms with E-state index in [1.165, 1.54) is 0 Å². The van der Waals surface area contributed by atoms with Crippen LogP contribution in [0.4, 0.5) is 13.2 Å². The molecule has 0 fully saturated rings. The predicted octanol–water partition coefficient (Wildman–Crippen LogP) is 1.96. The highest BCUT2D eigenvalue weighted by atomic mass is 79.9. The number of nitrogens with two attached hydrogens (primary N) is 1. The molecule has 1 aromatic heterocycles. The minimum absolute atomic E-state index is 0.157. The Hall–Kier alpha value is -1.31. The third-order valence-electron chi connectivity index (χ3n) is 1.51. The zero-order valence-corrected chi connectivity index (χ0v) is 8.67. The van der Waals surface area contributed by atoms with Gasteiger partial charge in [-0.25, -0.2) is 0 Å². The van der Waals surface area contributed by atoms with Crippen molar-refractivity contribution >= 4 is 21.8 Å². The summed E-state index contributed by atoms with van der Waals surface area (Å²) in [5.41, 5.74) is 3.40. The van der Waals surface area contributed by atoms with Crippen molar-refractivity contribution in [3.05, 3.63) is 28.0 Å². The average Bonchev–Trinajstić information content (AvgIpc) is 2.15. The fourth-order valence-corrected chi connectivity index (χ4v) is 1.24. The van der Waals surface area contributed by atoms with E-state index in [4.69, 9.17) is 10.9 Å². The predicted molar refractivity (Wildman–Crippen MR) is 49.4 cm³/mol. The van der Waals surface area contributed by atoms with Crippen LogP contribution in [0.25, 0.3) is 0 Å². The molecule has 0 aromatic carbocycles. The largest absolute Gasteiger partial charge is 0.418 e. The maximum Gasteiger partial charge on any atom is 0.418 e. The van der Waals surface area contributed by atoms with Gasteiger partial charge < -0.3 is 10.9 Å². The summed E-state index contributed by atoms with van der Waals surface area (Å²) in [5, 5.41) is 10.8.